The van der Waals surface area contributed by atoms with Gasteiger partial charge in [-0.25, -0.2) is 4.79 Å². The summed E-state index contributed by atoms with van der Waals surface area (Å²) in [6.07, 6.45) is 6.61. The van der Waals surface area contributed by atoms with Gasteiger partial charge >= 0.3 is 6.09 Å². The highest BCUT2D eigenvalue weighted by Crippen LogP contribution is 2.24. The zero-order chi connectivity index (χ0) is 15.5. The molecule has 0 saturated heterocycles. The summed E-state index contributed by atoms with van der Waals surface area (Å²) >= 11 is 0. The fourth-order valence-electron chi connectivity index (χ4n) is 3.34. The van der Waals surface area contributed by atoms with Crippen LogP contribution in [-0.2, 0) is 4.74 Å². The fraction of sp³-hybridized carbons (Fsp3) is 0.938. The second kappa shape index (κ2) is 6.97. The number of aliphatic hydroxyl groups excluding tert-OH is 1. The van der Waals surface area contributed by atoms with E-state index in [0.29, 0.717) is 12.1 Å². The van der Waals surface area contributed by atoms with Crippen molar-refractivity contribution in [1.82, 2.24) is 10.6 Å². The van der Waals surface area contributed by atoms with Crippen LogP contribution in [0.1, 0.15) is 65.7 Å². The lowest BCUT2D eigenvalue weighted by Gasteiger charge is -2.32. The van der Waals surface area contributed by atoms with Crippen molar-refractivity contribution in [3.63, 3.8) is 0 Å². The van der Waals surface area contributed by atoms with E-state index in [-0.39, 0.29) is 18.2 Å². The fourth-order valence-corrected chi connectivity index (χ4v) is 3.34. The molecule has 21 heavy (non-hydrogen) atoms. The molecule has 0 aromatic rings. The first kappa shape index (κ1) is 16.6. The molecular formula is C16H30N2O3. The average Bonchev–Trinajstić information content (AvgIpc) is 2.77. The van der Waals surface area contributed by atoms with E-state index in [1.54, 1.807) is 0 Å². The summed E-state index contributed by atoms with van der Waals surface area (Å²) in [5, 5.41) is 16.3. The summed E-state index contributed by atoms with van der Waals surface area (Å²) in [6, 6.07) is 0.962. The van der Waals surface area contributed by atoms with Gasteiger partial charge in [-0.15, -0.1) is 0 Å². The van der Waals surface area contributed by atoms with Crippen molar-refractivity contribution in [3.05, 3.63) is 0 Å². The maximum Gasteiger partial charge on any atom is 0.407 e. The molecule has 2 aliphatic carbocycles. The van der Waals surface area contributed by atoms with E-state index in [9.17, 15) is 9.90 Å². The van der Waals surface area contributed by atoms with Crippen LogP contribution in [0.3, 0.4) is 0 Å². The number of nitrogens with one attached hydrogen (secondary N) is 2. The monoisotopic (exact) mass is 298 g/mol. The van der Waals surface area contributed by atoms with Crippen molar-refractivity contribution in [2.24, 2.45) is 0 Å². The van der Waals surface area contributed by atoms with Crippen molar-refractivity contribution in [1.29, 1.82) is 0 Å². The Bertz CT molecular complexity index is 346. The molecule has 0 radical (unpaired) electrons. The quantitative estimate of drug-likeness (QED) is 0.748. The Morgan fingerprint density at radius 3 is 2.29 bits per heavy atom. The van der Waals surface area contributed by atoms with Gasteiger partial charge in [0.1, 0.15) is 5.60 Å². The maximum atomic E-state index is 11.9. The Labute approximate surface area is 127 Å². The molecule has 0 aromatic carbocycles. The predicted molar refractivity (Wildman–Crippen MR) is 82.2 cm³/mol. The van der Waals surface area contributed by atoms with E-state index in [2.05, 4.69) is 10.6 Å². The van der Waals surface area contributed by atoms with Crippen LogP contribution in [0.5, 0.6) is 0 Å². The Balaban J connectivity index is 1.79. The van der Waals surface area contributed by atoms with E-state index in [0.717, 1.165) is 44.9 Å². The standard InChI is InChI=1S/C16H30N2O3/c1-16(2,3)21-15(20)18-14-6-4-5-13(14)17-11-7-9-12(19)10-8-11/h11-14,17,19H,4-10H2,1-3H3,(H,18,20)/t11?,12?,13-,14+/m0/s1. The van der Waals surface area contributed by atoms with Crippen LogP contribution in [0.4, 0.5) is 4.79 Å². The van der Waals surface area contributed by atoms with Gasteiger partial charge in [0, 0.05) is 18.1 Å². The van der Waals surface area contributed by atoms with Crippen LogP contribution >= 0.6 is 0 Å². The Morgan fingerprint density at radius 1 is 1.05 bits per heavy atom. The second-order valence-electron chi connectivity index (χ2n) is 7.46. The summed E-state index contributed by atoms with van der Waals surface area (Å²) in [6.45, 7) is 5.64. The van der Waals surface area contributed by atoms with Crippen molar-refractivity contribution in [2.45, 2.75) is 95.5 Å². The Hall–Kier alpha value is -0.810. The van der Waals surface area contributed by atoms with E-state index in [1.165, 1.54) is 0 Å². The van der Waals surface area contributed by atoms with Gasteiger partial charge in [-0.3, -0.25) is 0 Å². The van der Waals surface area contributed by atoms with Gasteiger partial charge in [0.2, 0.25) is 0 Å². The molecule has 3 N–H and O–H groups in total. The highest BCUT2D eigenvalue weighted by Gasteiger charge is 2.32. The number of hydrogen-bond acceptors (Lipinski definition) is 4. The van der Waals surface area contributed by atoms with E-state index in [1.807, 2.05) is 20.8 Å². The molecule has 2 fully saturated rings. The number of carbonyl (C=O) groups excluding carboxylic acids is 1. The van der Waals surface area contributed by atoms with Crippen LogP contribution in [0.25, 0.3) is 0 Å². The largest absolute Gasteiger partial charge is 0.444 e. The van der Waals surface area contributed by atoms with Gasteiger partial charge in [0.25, 0.3) is 0 Å². The lowest BCUT2D eigenvalue weighted by atomic mass is 9.92. The van der Waals surface area contributed by atoms with Crippen molar-refractivity contribution in [2.75, 3.05) is 0 Å². The molecule has 2 aliphatic rings. The smallest absolute Gasteiger partial charge is 0.407 e. The molecule has 0 aliphatic heterocycles. The first-order chi connectivity index (χ1) is 9.83. The third-order valence-electron chi connectivity index (χ3n) is 4.36. The molecule has 0 heterocycles. The Kier molecular flexibility index (Phi) is 5.49. The highest BCUT2D eigenvalue weighted by molar-refractivity contribution is 5.68. The number of rotatable bonds is 3. The number of ether oxygens (including phenoxy) is 1. The van der Waals surface area contributed by atoms with Gasteiger partial charge in [-0.2, -0.15) is 0 Å². The average molecular weight is 298 g/mol. The third kappa shape index (κ3) is 5.47. The zero-order valence-corrected chi connectivity index (χ0v) is 13.5. The van der Waals surface area contributed by atoms with Crippen LogP contribution in [0.15, 0.2) is 0 Å². The summed E-state index contributed by atoms with van der Waals surface area (Å²) < 4.78 is 5.34. The van der Waals surface area contributed by atoms with Crippen LogP contribution in [0, 0.1) is 0 Å². The van der Waals surface area contributed by atoms with Crippen molar-refractivity contribution >= 4 is 6.09 Å². The number of hydrogen-bond donors (Lipinski definition) is 3. The molecule has 1 amide bonds. The molecule has 0 spiro atoms. The first-order valence-electron chi connectivity index (χ1n) is 8.27. The molecular weight excluding hydrogens is 268 g/mol. The van der Waals surface area contributed by atoms with E-state index < -0.39 is 5.60 Å². The van der Waals surface area contributed by atoms with Gasteiger partial charge in [-0.1, -0.05) is 0 Å². The van der Waals surface area contributed by atoms with Crippen LogP contribution in [-0.4, -0.2) is 41.0 Å². The topological polar surface area (TPSA) is 70.6 Å². The van der Waals surface area contributed by atoms with Crippen molar-refractivity contribution < 1.29 is 14.6 Å². The molecule has 5 nitrogen and oxygen atoms in total. The highest BCUT2D eigenvalue weighted by atomic mass is 16.6. The molecule has 122 valence electrons. The van der Waals surface area contributed by atoms with Crippen molar-refractivity contribution in [3.8, 4) is 0 Å². The van der Waals surface area contributed by atoms with E-state index >= 15 is 0 Å². The second-order valence-corrected chi connectivity index (χ2v) is 7.46. The minimum Gasteiger partial charge on any atom is -0.444 e. The zero-order valence-electron chi connectivity index (χ0n) is 13.5. The van der Waals surface area contributed by atoms with Gasteiger partial charge in [0.05, 0.1) is 6.10 Å². The number of amides is 1. The van der Waals surface area contributed by atoms with Crippen LogP contribution < -0.4 is 10.6 Å². The minimum absolute atomic E-state index is 0.123. The van der Waals surface area contributed by atoms with Gasteiger partial charge in [0.15, 0.2) is 0 Å². The lowest BCUT2D eigenvalue weighted by Crippen LogP contribution is -2.51. The Morgan fingerprint density at radius 2 is 1.67 bits per heavy atom. The number of aliphatic hydroxyl groups is 1. The van der Waals surface area contributed by atoms with E-state index in [4.69, 9.17) is 4.74 Å². The molecule has 2 rings (SSSR count). The lowest BCUT2D eigenvalue weighted by molar-refractivity contribution is 0.0494. The summed E-state index contributed by atoms with van der Waals surface area (Å²) in [7, 11) is 0. The molecule has 5 heteroatoms. The number of alkyl carbamates (subject to hydrolysis) is 1. The van der Waals surface area contributed by atoms with Crippen LogP contribution in [0.2, 0.25) is 0 Å². The summed E-state index contributed by atoms with van der Waals surface area (Å²) in [5.74, 6) is 0. The summed E-state index contributed by atoms with van der Waals surface area (Å²) in [5.41, 5.74) is -0.453. The minimum atomic E-state index is -0.453. The molecule has 2 saturated carbocycles. The van der Waals surface area contributed by atoms with Gasteiger partial charge < -0.3 is 20.5 Å². The third-order valence-corrected chi connectivity index (χ3v) is 4.36. The first-order valence-corrected chi connectivity index (χ1v) is 8.27. The molecule has 0 aromatic heterocycles. The molecule has 0 bridgehead atoms. The molecule has 0 unspecified atom stereocenters. The maximum absolute atomic E-state index is 11.9. The normalized spacial score (nSPS) is 33.7. The number of carbonyl (C=O) groups is 1. The van der Waals surface area contributed by atoms with Gasteiger partial charge in [-0.05, 0) is 65.7 Å². The summed E-state index contributed by atoms with van der Waals surface area (Å²) in [4.78, 5) is 11.9. The molecule has 2 atom stereocenters. The SMILES string of the molecule is CC(C)(C)OC(=O)N[C@@H]1CCC[C@@H]1NC1CCC(O)CC1. The predicted octanol–water partition coefficient (Wildman–Crippen LogP) is 2.33.